The second kappa shape index (κ2) is 8.57. The molecule has 0 N–H and O–H groups in total. The molecular formula is C21H25NO4S. The second-order valence-corrected chi connectivity index (χ2v) is 7.98. The molecule has 2 aromatic rings. The Morgan fingerprint density at radius 2 is 1.89 bits per heavy atom. The highest BCUT2D eigenvalue weighted by Crippen LogP contribution is 2.37. The third-order valence-electron chi connectivity index (χ3n) is 4.95. The van der Waals surface area contributed by atoms with E-state index in [0.29, 0.717) is 11.5 Å². The average molecular weight is 388 g/mol. The molecule has 1 amide bonds. The lowest BCUT2D eigenvalue weighted by molar-refractivity contribution is -0.132. The number of methoxy groups -OCH3 is 2. The van der Waals surface area contributed by atoms with Crippen molar-refractivity contribution in [3.8, 4) is 11.5 Å². The van der Waals surface area contributed by atoms with Crippen LogP contribution in [0.3, 0.4) is 0 Å². The van der Waals surface area contributed by atoms with Crippen LogP contribution in [0.1, 0.15) is 51.8 Å². The SMILES string of the molecule is COc1ccc([C@@H]2CCCN2C(=O)CCC(=O)c2ccc(C)s2)cc1OC. The normalized spacial score (nSPS) is 16.4. The van der Waals surface area contributed by atoms with Crippen LogP contribution in [-0.4, -0.2) is 37.4 Å². The number of ether oxygens (including phenoxy) is 2. The van der Waals surface area contributed by atoms with Crippen LogP contribution < -0.4 is 9.47 Å². The number of hydrogen-bond donors (Lipinski definition) is 0. The van der Waals surface area contributed by atoms with Crippen LogP contribution in [0.5, 0.6) is 11.5 Å². The maximum absolute atomic E-state index is 12.8. The van der Waals surface area contributed by atoms with Crippen molar-refractivity contribution >= 4 is 23.0 Å². The summed E-state index contributed by atoms with van der Waals surface area (Å²) in [5, 5.41) is 0. The zero-order valence-electron chi connectivity index (χ0n) is 16.0. The molecule has 0 bridgehead atoms. The van der Waals surface area contributed by atoms with Crippen LogP contribution >= 0.6 is 11.3 Å². The number of aryl methyl sites for hydroxylation is 1. The lowest BCUT2D eigenvalue weighted by Crippen LogP contribution is -2.30. The van der Waals surface area contributed by atoms with Crippen molar-refractivity contribution in [1.29, 1.82) is 0 Å². The van der Waals surface area contributed by atoms with Crippen molar-refractivity contribution in [3.63, 3.8) is 0 Å². The highest BCUT2D eigenvalue weighted by molar-refractivity contribution is 7.14. The molecule has 3 rings (SSSR count). The number of carbonyl (C=O) groups excluding carboxylic acids is 2. The van der Waals surface area contributed by atoms with Gasteiger partial charge in [0.2, 0.25) is 5.91 Å². The minimum Gasteiger partial charge on any atom is -0.493 e. The smallest absolute Gasteiger partial charge is 0.223 e. The van der Waals surface area contributed by atoms with E-state index in [0.717, 1.165) is 34.7 Å². The predicted molar refractivity (Wildman–Crippen MR) is 106 cm³/mol. The fourth-order valence-corrected chi connectivity index (χ4v) is 4.38. The van der Waals surface area contributed by atoms with Gasteiger partial charge in [-0.1, -0.05) is 6.07 Å². The lowest BCUT2D eigenvalue weighted by Gasteiger charge is -2.25. The highest BCUT2D eigenvalue weighted by atomic mass is 32.1. The molecule has 144 valence electrons. The van der Waals surface area contributed by atoms with Crippen molar-refractivity contribution in [2.24, 2.45) is 0 Å². The molecule has 1 fully saturated rings. The molecule has 2 heterocycles. The molecule has 1 aliphatic heterocycles. The molecule has 0 saturated carbocycles. The zero-order valence-corrected chi connectivity index (χ0v) is 16.8. The van der Waals surface area contributed by atoms with Gasteiger partial charge >= 0.3 is 0 Å². The highest BCUT2D eigenvalue weighted by Gasteiger charge is 2.30. The Balaban J connectivity index is 1.66. The summed E-state index contributed by atoms with van der Waals surface area (Å²) in [7, 11) is 3.21. The number of likely N-dealkylation sites (tertiary alicyclic amines) is 1. The molecule has 1 aromatic carbocycles. The van der Waals surface area contributed by atoms with E-state index in [-0.39, 0.29) is 30.6 Å². The van der Waals surface area contributed by atoms with Gasteiger partial charge in [0.1, 0.15) is 0 Å². The topological polar surface area (TPSA) is 55.8 Å². The van der Waals surface area contributed by atoms with Crippen LogP contribution in [0.4, 0.5) is 0 Å². The van der Waals surface area contributed by atoms with Gasteiger partial charge in [0.25, 0.3) is 0 Å². The fraction of sp³-hybridized carbons (Fsp3) is 0.429. The van der Waals surface area contributed by atoms with Crippen molar-refractivity contribution in [3.05, 3.63) is 45.6 Å². The number of nitrogens with zero attached hydrogens (tertiary/aromatic N) is 1. The molecule has 1 saturated heterocycles. The molecule has 0 unspecified atom stereocenters. The number of hydrogen-bond acceptors (Lipinski definition) is 5. The summed E-state index contributed by atoms with van der Waals surface area (Å²) in [5.74, 6) is 1.42. The quantitative estimate of drug-likeness (QED) is 0.661. The van der Waals surface area contributed by atoms with Crippen molar-refractivity contribution in [2.45, 2.75) is 38.6 Å². The summed E-state index contributed by atoms with van der Waals surface area (Å²) in [4.78, 5) is 28.8. The fourth-order valence-electron chi connectivity index (χ4n) is 3.54. The Morgan fingerprint density at radius 3 is 2.56 bits per heavy atom. The molecule has 0 aliphatic carbocycles. The standard InChI is InChI=1S/C21H25NO4S/c1-14-6-10-20(27-14)17(23)8-11-21(24)22-12-4-5-16(22)15-7-9-18(25-2)19(13-15)26-3/h6-7,9-10,13,16H,4-5,8,11-12H2,1-3H3/t16-/m0/s1. The van der Waals surface area contributed by atoms with E-state index in [1.165, 1.54) is 11.3 Å². The number of rotatable bonds is 7. The van der Waals surface area contributed by atoms with E-state index in [2.05, 4.69) is 0 Å². The van der Waals surface area contributed by atoms with Gasteiger partial charge < -0.3 is 14.4 Å². The van der Waals surface area contributed by atoms with Crippen molar-refractivity contribution in [2.75, 3.05) is 20.8 Å². The summed E-state index contributed by atoms with van der Waals surface area (Å²) in [5.41, 5.74) is 1.04. The van der Waals surface area contributed by atoms with Crippen LogP contribution in [0.25, 0.3) is 0 Å². The Labute approximate surface area is 163 Å². The summed E-state index contributed by atoms with van der Waals surface area (Å²) >= 11 is 1.48. The van der Waals surface area contributed by atoms with E-state index in [1.54, 1.807) is 14.2 Å². The van der Waals surface area contributed by atoms with Crippen molar-refractivity contribution in [1.82, 2.24) is 4.90 Å². The summed E-state index contributed by atoms with van der Waals surface area (Å²) in [6, 6.07) is 9.60. The molecule has 1 aliphatic rings. The maximum Gasteiger partial charge on any atom is 0.223 e. The Kier molecular flexibility index (Phi) is 6.16. The summed E-state index contributed by atoms with van der Waals surface area (Å²) < 4.78 is 10.7. The number of thiophene rings is 1. The zero-order chi connectivity index (χ0) is 19.4. The van der Waals surface area contributed by atoms with E-state index in [1.807, 2.05) is 42.2 Å². The molecule has 6 heteroatoms. The largest absolute Gasteiger partial charge is 0.493 e. The first-order chi connectivity index (χ1) is 13.0. The predicted octanol–water partition coefficient (Wildman–Crippen LogP) is 4.40. The molecule has 0 spiro atoms. The second-order valence-electron chi connectivity index (χ2n) is 6.69. The number of benzene rings is 1. The third kappa shape index (κ3) is 4.33. The van der Waals surface area contributed by atoms with Gasteiger partial charge in [0, 0.05) is 24.3 Å². The van der Waals surface area contributed by atoms with Gasteiger partial charge in [-0.2, -0.15) is 0 Å². The Morgan fingerprint density at radius 1 is 1.11 bits per heavy atom. The Bertz CT molecular complexity index is 829. The molecule has 27 heavy (non-hydrogen) atoms. The van der Waals surface area contributed by atoms with Crippen LogP contribution in [0.15, 0.2) is 30.3 Å². The molecule has 0 radical (unpaired) electrons. The van der Waals surface area contributed by atoms with Gasteiger partial charge in [0.05, 0.1) is 25.1 Å². The van der Waals surface area contributed by atoms with E-state index in [4.69, 9.17) is 9.47 Å². The van der Waals surface area contributed by atoms with E-state index in [9.17, 15) is 9.59 Å². The van der Waals surface area contributed by atoms with E-state index >= 15 is 0 Å². The minimum absolute atomic E-state index is 0.0244. The van der Waals surface area contributed by atoms with Gasteiger partial charge in [-0.25, -0.2) is 0 Å². The third-order valence-corrected chi connectivity index (χ3v) is 5.99. The van der Waals surface area contributed by atoms with Gasteiger partial charge in [-0.05, 0) is 49.6 Å². The maximum atomic E-state index is 12.8. The first-order valence-corrected chi connectivity index (χ1v) is 9.96. The molecule has 1 atom stereocenters. The average Bonchev–Trinajstić information content (AvgIpc) is 3.34. The van der Waals surface area contributed by atoms with Crippen LogP contribution in [0, 0.1) is 6.92 Å². The van der Waals surface area contributed by atoms with Gasteiger partial charge in [-0.15, -0.1) is 11.3 Å². The number of Topliss-reactive ketones (excluding diaryl/α,β-unsaturated/α-hetero) is 1. The monoisotopic (exact) mass is 387 g/mol. The van der Waals surface area contributed by atoms with Gasteiger partial charge in [0.15, 0.2) is 17.3 Å². The molecular weight excluding hydrogens is 362 g/mol. The Hall–Kier alpha value is -2.34. The van der Waals surface area contributed by atoms with Gasteiger partial charge in [-0.3, -0.25) is 9.59 Å². The summed E-state index contributed by atoms with van der Waals surface area (Å²) in [6.45, 7) is 2.70. The molecule has 5 nitrogen and oxygen atoms in total. The lowest BCUT2D eigenvalue weighted by atomic mass is 10.0. The summed E-state index contributed by atoms with van der Waals surface area (Å²) in [6.07, 6.45) is 2.38. The van der Waals surface area contributed by atoms with E-state index < -0.39 is 0 Å². The number of ketones is 1. The van der Waals surface area contributed by atoms with Crippen LogP contribution in [-0.2, 0) is 4.79 Å². The van der Waals surface area contributed by atoms with Crippen molar-refractivity contribution < 1.29 is 19.1 Å². The van der Waals surface area contributed by atoms with Crippen LogP contribution in [0.2, 0.25) is 0 Å². The number of carbonyl (C=O) groups is 2. The minimum atomic E-state index is 0.0244. The molecule has 1 aromatic heterocycles. The first kappa shape index (κ1) is 19.4. The number of amides is 1. The first-order valence-electron chi connectivity index (χ1n) is 9.14.